The van der Waals surface area contributed by atoms with Gasteiger partial charge in [-0.15, -0.1) is 0 Å². The van der Waals surface area contributed by atoms with E-state index >= 15 is 0 Å². The monoisotopic (exact) mass is 306 g/mol. The van der Waals surface area contributed by atoms with Gasteiger partial charge < -0.3 is 4.42 Å². The molecule has 0 N–H and O–H groups in total. The maximum absolute atomic E-state index is 12.2. The lowest BCUT2D eigenvalue weighted by Gasteiger charge is -2.01. The van der Waals surface area contributed by atoms with Crippen LogP contribution in [0.5, 0.6) is 0 Å². The minimum absolute atomic E-state index is 0.000748. The third-order valence-electron chi connectivity index (χ3n) is 3.30. The molecule has 0 atom stereocenters. The summed E-state index contributed by atoms with van der Waals surface area (Å²) in [6.07, 6.45) is 2.55. The number of unbranched alkanes of at least 4 members (excludes halogenated alkanes) is 1. The lowest BCUT2D eigenvalue weighted by molar-refractivity contribution is 0.569. The average Bonchev–Trinajstić information content (AvgIpc) is 2.92. The van der Waals surface area contributed by atoms with Crippen molar-refractivity contribution >= 4 is 31.9 Å². The highest BCUT2D eigenvalue weighted by molar-refractivity contribution is 7.89. The van der Waals surface area contributed by atoms with Crippen LogP contribution in [-0.2, 0) is 10.0 Å². The van der Waals surface area contributed by atoms with Crippen molar-refractivity contribution < 1.29 is 12.8 Å². The molecule has 2 aromatic heterocycles. The van der Waals surface area contributed by atoms with Crippen molar-refractivity contribution in [2.75, 3.05) is 5.75 Å². The molecule has 3 rings (SSSR count). The van der Waals surface area contributed by atoms with Crippen LogP contribution in [0.2, 0.25) is 0 Å². The number of benzene rings is 1. The van der Waals surface area contributed by atoms with Gasteiger partial charge in [-0.05, 0) is 18.6 Å². The van der Waals surface area contributed by atoms with Gasteiger partial charge in [-0.2, -0.15) is 9.19 Å². The minimum atomic E-state index is -3.54. The van der Waals surface area contributed by atoms with Crippen LogP contribution in [0.4, 0.5) is 0 Å². The first-order chi connectivity index (χ1) is 10.0. The molecule has 0 aliphatic rings. The quantitative estimate of drug-likeness (QED) is 0.690. The van der Waals surface area contributed by atoms with E-state index in [1.54, 1.807) is 24.3 Å². The van der Waals surface area contributed by atoms with Gasteiger partial charge in [0.15, 0.2) is 0 Å². The second-order valence-corrected chi connectivity index (χ2v) is 6.77. The molecule has 2 heterocycles. The zero-order chi connectivity index (χ0) is 15.0. The Balaban J connectivity index is 2.27. The third kappa shape index (κ3) is 2.33. The fourth-order valence-corrected chi connectivity index (χ4v) is 3.48. The van der Waals surface area contributed by atoms with Crippen LogP contribution >= 0.6 is 0 Å². The average molecular weight is 306 g/mol. The Hall–Kier alpha value is -2.15. The van der Waals surface area contributed by atoms with E-state index < -0.39 is 15.6 Å². The standard InChI is InChI=1S/C14H14N2O4S/c1-2-3-8-21(18,19)16-9-11-13(15-16)10-6-4-5-7-12(10)20-14(11)17/h4-7,9H,2-3,8H2,1H3. The summed E-state index contributed by atoms with van der Waals surface area (Å²) in [7, 11) is -3.54. The van der Waals surface area contributed by atoms with Crippen LogP contribution in [-0.4, -0.2) is 23.4 Å². The topological polar surface area (TPSA) is 82.2 Å². The maximum Gasteiger partial charge on any atom is 0.347 e. The molecule has 7 heteroatoms. The SMILES string of the molecule is CCCCS(=O)(=O)n1cc2c(=O)oc3ccccc3c2n1. The highest BCUT2D eigenvalue weighted by Crippen LogP contribution is 2.21. The van der Waals surface area contributed by atoms with E-state index in [0.29, 0.717) is 22.9 Å². The molecule has 0 aliphatic heterocycles. The highest BCUT2D eigenvalue weighted by atomic mass is 32.2. The normalized spacial score (nSPS) is 12.2. The molecular weight excluding hydrogens is 292 g/mol. The first kappa shape index (κ1) is 13.8. The van der Waals surface area contributed by atoms with Crippen molar-refractivity contribution in [3.05, 3.63) is 40.9 Å². The van der Waals surface area contributed by atoms with E-state index in [1.165, 1.54) is 6.20 Å². The van der Waals surface area contributed by atoms with Crippen molar-refractivity contribution in [1.29, 1.82) is 0 Å². The zero-order valence-corrected chi connectivity index (χ0v) is 12.3. The molecule has 0 bridgehead atoms. The van der Waals surface area contributed by atoms with E-state index in [9.17, 15) is 13.2 Å². The fourth-order valence-electron chi connectivity index (χ4n) is 2.17. The largest absolute Gasteiger partial charge is 0.422 e. The summed E-state index contributed by atoms with van der Waals surface area (Å²) >= 11 is 0. The molecule has 0 saturated heterocycles. The maximum atomic E-state index is 12.2. The Morgan fingerprint density at radius 3 is 2.76 bits per heavy atom. The lowest BCUT2D eigenvalue weighted by atomic mass is 10.2. The molecule has 0 amide bonds. The predicted octanol–water partition coefficient (Wildman–Crippen LogP) is 2.12. The van der Waals surface area contributed by atoms with Gasteiger partial charge in [-0.1, -0.05) is 25.5 Å². The predicted molar refractivity (Wildman–Crippen MR) is 79.9 cm³/mol. The van der Waals surface area contributed by atoms with E-state index in [2.05, 4.69) is 5.10 Å². The number of aromatic nitrogens is 2. The Bertz CT molecular complexity index is 969. The Labute approximate surface area is 121 Å². The van der Waals surface area contributed by atoms with Gasteiger partial charge in [0.25, 0.3) is 10.0 Å². The zero-order valence-electron chi connectivity index (χ0n) is 11.4. The van der Waals surface area contributed by atoms with E-state index in [1.807, 2.05) is 6.92 Å². The van der Waals surface area contributed by atoms with Crippen LogP contribution in [0, 0.1) is 0 Å². The molecule has 0 fully saturated rings. The number of fused-ring (bicyclic) bond motifs is 3. The Morgan fingerprint density at radius 2 is 2.00 bits per heavy atom. The molecular formula is C14H14N2O4S. The highest BCUT2D eigenvalue weighted by Gasteiger charge is 2.18. The molecule has 110 valence electrons. The van der Waals surface area contributed by atoms with Crippen LogP contribution < -0.4 is 5.63 Å². The van der Waals surface area contributed by atoms with Gasteiger partial charge in [-0.25, -0.2) is 13.2 Å². The van der Waals surface area contributed by atoms with Gasteiger partial charge in [0.05, 0.1) is 11.9 Å². The number of nitrogens with zero attached hydrogens (tertiary/aromatic N) is 2. The number of rotatable bonds is 4. The van der Waals surface area contributed by atoms with Crippen molar-refractivity contribution in [2.45, 2.75) is 19.8 Å². The summed E-state index contributed by atoms with van der Waals surface area (Å²) in [5, 5.41) is 4.89. The van der Waals surface area contributed by atoms with Crippen LogP contribution in [0.25, 0.3) is 21.9 Å². The molecule has 0 aliphatic carbocycles. The smallest absolute Gasteiger partial charge is 0.347 e. The van der Waals surface area contributed by atoms with E-state index in [4.69, 9.17) is 4.42 Å². The van der Waals surface area contributed by atoms with E-state index in [0.717, 1.165) is 10.5 Å². The first-order valence-corrected chi connectivity index (χ1v) is 8.28. The minimum Gasteiger partial charge on any atom is -0.422 e. The summed E-state index contributed by atoms with van der Waals surface area (Å²) in [5.74, 6) is 0.000748. The van der Waals surface area contributed by atoms with Gasteiger partial charge >= 0.3 is 5.63 Å². The number of hydrogen-bond acceptors (Lipinski definition) is 5. The second kappa shape index (κ2) is 5.00. The summed E-state index contributed by atoms with van der Waals surface area (Å²) in [6, 6.07) is 6.93. The molecule has 0 spiro atoms. The molecule has 0 radical (unpaired) electrons. The Morgan fingerprint density at radius 1 is 1.24 bits per heavy atom. The van der Waals surface area contributed by atoms with Crippen molar-refractivity contribution in [3.63, 3.8) is 0 Å². The van der Waals surface area contributed by atoms with Crippen LogP contribution in [0.15, 0.2) is 39.7 Å². The van der Waals surface area contributed by atoms with Gasteiger partial charge in [-0.3, -0.25) is 0 Å². The summed E-state index contributed by atoms with van der Waals surface area (Å²) < 4.78 is 30.4. The summed E-state index contributed by atoms with van der Waals surface area (Å²) in [6.45, 7) is 1.91. The molecule has 1 aromatic carbocycles. The molecule has 3 aromatic rings. The fraction of sp³-hybridized carbons (Fsp3) is 0.286. The first-order valence-electron chi connectivity index (χ1n) is 6.67. The van der Waals surface area contributed by atoms with Crippen LogP contribution in [0.1, 0.15) is 19.8 Å². The van der Waals surface area contributed by atoms with Gasteiger partial charge in [0, 0.05) is 5.39 Å². The van der Waals surface area contributed by atoms with E-state index in [-0.39, 0.29) is 11.1 Å². The molecule has 6 nitrogen and oxygen atoms in total. The third-order valence-corrected chi connectivity index (χ3v) is 4.86. The second-order valence-electron chi connectivity index (χ2n) is 4.82. The molecule has 0 unspecified atom stereocenters. The lowest BCUT2D eigenvalue weighted by Crippen LogP contribution is -2.17. The van der Waals surface area contributed by atoms with Crippen molar-refractivity contribution in [2.24, 2.45) is 0 Å². The summed E-state index contributed by atoms with van der Waals surface area (Å²) in [5.41, 5.74) is 0.161. The van der Waals surface area contributed by atoms with Crippen molar-refractivity contribution in [3.8, 4) is 0 Å². The molecule has 21 heavy (non-hydrogen) atoms. The van der Waals surface area contributed by atoms with Crippen molar-refractivity contribution in [1.82, 2.24) is 9.19 Å². The number of hydrogen-bond donors (Lipinski definition) is 0. The summed E-state index contributed by atoms with van der Waals surface area (Å²) in [4.78, 5) is 11.9. The van der Waals surface area contributed by atoms with Gasteiger partial charge in [0.1, 0.15) is 16.5 Å². The van der Waals surface area contributed by atoms with Crippen LogP contribution in [0.3, 0.4) is 0 Å². The Kier molecular flexibility index (Phi) is 3.29. The number of para-hydroxylation sites is 1. The van der Waals surface area contributed by atoms with Gasteiger partial charge in [0.2, 0.25) is 0 Å². The molecule has 0 saturated carbocycles.